The van der Waals surface area contributed by atoms with Gasteiger partial charge in [-0.25, -0.2) is 0 Å². The van der Waals surface area contributed by atoms with Gasteiger partial charge in [-0.15, -0.1) is 0 Å². The molecule has 80 valence electrons. The number of carbonyl (C=O) groups excluding carboxylic acids is 2. The first-order chi connectivity index (χ1) is 7.09. The number of rotatable bonds is 5. The van der Waals surface area contributed by atoms with E-state index in [1.807, 2.05) is 0 Å². The zero-order valence-corrected chi connectivity index (χ0v) is 8.19. The lowest BCUT2D eigenvalue weighted by molar-refractivity contribution is -0.117. The van der Waals surface area contributed by atoms with Crippen molar-refractivity contribution in [1.29, 1.82) is 0 Å². The van der Waals surface area contributed by atoms with Crippen molar-refractivity contribution in [2.75, 3.05) is 11.9 Å². The largest absolute Gasteiger partial charge is 0.385 e. The monoisotopic (exact) mass is 207 g/mol. The maximum Gasteiger partial charge on any atom is 0.248 e. The number of amides is 2. The van der Waals surface area contributed by atoms with Gasteiger partial charge in [0.1, 0.15) is 0 Å². The zero-order valence-electron chi connectivity index (χ0n) is 8.19. The second-order valence-corrected chi connectivity index (χ2v) is 3.08. The van der Waals surface area contributed by atoms with Crippen molar-refractivity contribution in [2.45, 2.75) is 6.42 Å². The van der Waals surface area contributed by atoms with Crippen molar-refractivity contribution < 1.29 is 9.59 Å². The first-order valence-electron chi connectivity index (χ1n) is 4.51. The summed E-state index contributed by atoms with van der Waals surface area (Å²) < 4.78 is 0. The van der Waals surface area contributed by atoms with Crippen molar-refractivity contribution in [1.82, 2.24) is 0 Å². The summed E-state index contributed by atoms with van der Waals surface area (Å²) in [7, 11) is 0. The molecule has 0 heterocycles. The molecule has 0 radical (unpaired) electrons. The third-order valence-corrected chi connectivity index (χ3v) is 1.87. The molecule has 1 aromatic carbocycles. The molecule has 5 nitrogen and oxygen atoms in total. The Hall–Kier alpha value is -2.04. The number of carbonyl (C=O) groups is 2. The lowest BCUT2D eigenvalue weighted by Crippen LogP contribution is -2.16. The zero-order chi connectivity index (χ0) is 11.3. The molecular formula is C10H13N3O2. The van der Waals surface area contributed by atoms with E-state index in [0.29, 0.717) is 12.1 Å². The van der Waals surface area contributed by atoms with Crippen molar-refractivity contribution >= 4 is 17.5 Å². The molecule has 0 unspecified atom stereocenters. The van der Waals surface area contributed by atoms with E-state index in [4.69, 9.17) is 11.5 Å². The van der Waals surface area contributed by atoms with Crippen LogP contribution in [0.5, 0.6) is 0 Å². The quantitative estimate of drug-likeness (QED) is 0.637. The molecule has 0 aliphatic carbocycles. The van der Waals surface area contributed by atoms with Crippen LogP contribution in [0.15, 0.2) is 24.3 Å². The lowest BCUT2D eigenvalue weighted by atomic mass is 10.2. The van der Waals surface area contributed by atoms with Gasteiger partial charge in [0.25, 0.3) is 0 Å². The second-order valence-electron chi connectivity index (χ2n) is 3.08. The summed E-state index contributed by atoms with van der Waals surface area (Å²) in [6, 6.07) is 6.69. The molecule has 1 rings (SSSR count). The summed E-state index contributed by atoms with van der Waals surface area (Å²) in [5, 5.41) is 2.99. The summed E-state index contributed by atoms with van der Waals surface area (Å²) in [6.07, 6.45) is 0.275. The van der Waals surface area contributed by atoms with Gasteiger partial charge in [0.15, 0.2) is 0 Å². The Morgan fingerprint density at radius 1 is 1.13 bits per heavy atom. The highest BCUT2D eigenvalue weighted by atomic mass is 16.1. The van der Waals surface area contributed by atoms with Crippen LogP contribution in [-0.2, 0) is 4.79 Å². The normalized spacial score (nSPS) is 9.60. The van der Waals surface area contributed by atoms with Crippen LogP contribution in [0.1, 0.15) is 16.8 Å². The van der Waals surface area contributed by atoms with Crippen LogP contribution in [0.25, 0.3) is 0 Å². The predicted octanol–water partition coefficient (Wildman–Crippen LogP) is 0.0728. The van der Waals surface area contributed by atoms with Crippen LogP contribution in [0, 0.1) is 0 Å². The van der Waals surface area contributed by atoms with Crippen molar-refractivity contribution in [2.24, 2.45) is 11.5 Å². The van der Waals surface area contributed by atoms with E-state index in [1.54, 1.807) is 24.3 Å². The van der Waals surface area contributed by atoms with E-state index in [2.05, 4.69) is 5.32 Å². The lowest BCUT2D eigenvalue weighted by Gasteiger charge is -2.04. The molecule has 0 aliphatic heterocycles. The smallest absolute Gasteiger partial charge is 0.248 e. The van der Waals surface area contributed by atoms with Crippen molar-refractivity contribution in [3.63, 3.8) is 0 Å². The van der Waals surface area contributed by atoms with Gasteiger partial charge in [0.05, 0.1) is 0 Å². The fraction of sp³-hybridized carbons (Fsp3) is 0.200. The molecule has 0 bridgehead atoms. The molecular weight excluding hydrogens is 194 g/mol. The molecule has 1 aromatic rings. The van der Waals surface area contributed by atoms with Gasteiger partial charge in [-0.1, -0.05) is 0 Å². The number of nitrogens with one attached hydrogen (secondary N) is 1. The van der Waals surface area contributed by atoms with Gasteiger partial charge < -0.3 is 16.8 Å². The van der Waals surface area contributed by atoms with E-state index in [-0.39, 0.29) is 12.3 Å². The molecule has 2 amide bonds. The van der Waals surface area contributed by atoms with Crippen LogP contribution in [0.4, 0.5) is 5.69 Å². The third-order valence-electron chi connectivity index (χ3n) is 1.87. The Balaban J connectivity index is 2.50. The second kappa shape index (κ2) is 4.99. The average molecular weight is 207 g/mol. The highest BCUT2D eigenvalue weighted by Crippen LogP contribution is 2.08. The fourth-order valence-corrected chi connectivity index (χ4v) is 1.08. The number of anilines is 1. The maximum atomic E-state index is 10.8. The molecule has 5 heteroatoms. The van der Waals surface area contributed by atoms with E-state index in [1.165, 1.54) is 0 Å². The number of hydrogen-bond acceptors (Lipinski definition) is 3. The van der Waals surface area contributed by atoms with Crippen molar-refractivity contribution in [3.8, 4) is 0 Å². The molecule has 5 N–H and O–H groups in total. The van der Waals surface area contributed by atoms with Crippen LogP contribution in [0.2, 0.25) is 0 Å². The van der Waals surface area contributed by atoms with Crippen LogP contribution in [0.3, 0.4) is 0 Å². The first kappa shape index (κ1) is 11.0. The number of hydrogen-bond donors (Lipinski definition) is 3. The van der Waals surface area contributed by atoms with Gasteiger partial charge in [-0.3, -0.25) is 9.59 Å². The Labute approximate surface area is 87.4 Å². The average Bonchev–Trinajstić information content (AvgIpc) is 2.18. The third kappa shape index (κ3) is 3.68. The van der Waals surface area contributed by atoms with Gasteiger partial charge in [-0.05, 0) is 24.3 Å². The Morgan fingerprint density at radius 2 is 1.73 bits per heavy atom. The molecule has 0 atom stereocenters. The molecule has 0 aromatic heterocycles. The molecule has 0 saturated heterocycles. The summed E-state index contributed by atoms with van der Waals surface area (Å²) in [6.45, 7) is 0.477. The number of primary amides is 2. The highest BCUT2D eigenvalue weighted by Gasteiger charge is 1.99. The SMILES string of the molecule is NC(=O)CCNc1ccc(C(N)=O)cc1. The van der Waals surface area contributed by atoms with Gasteiger partial charge in [-0.2, -0.15) is 0 Å². The van der Waals surface area contributed by atoms with Gasteiger partial charge >= 0.3 is 0 Å². The molecule has 0 spiro atoms. The maximum absolute atomic E-state index is 10.8. The van der Waals surface area contributed by atoms with E-state index in [9.17, 15) is 9.59 Å². The van der Waals surface area contributed by atoms with E-state index < -0.39 is 5.91 Å². The van der Waals surface area contributed by atoms with Crippen LogP contribution in [-0.4, -0.2) is 18.4 Å². The Morgan fingerprint density at radius 3 is 2.20 bits per heavy atom. The van der Waals surface area contributed by atoms with Crippen LogP contribution >= 0.6 is 0 Å². The Bertz CT molecular complexity index is 359. The molecule has 0 aliphatic rings. The number of benzene rings is 1. The van der Waals surface area contributed by atoms with Gasteiger partial charge in [0, 0.05) is 24.2 Å². The minimum absolute atomic E-state index is 0.275. The minimum Gasteiger partial charge on any atom is -0.385 e. The summed E-state index contributed by atoms with van der Waals surface area (Å²) in [5.74, 6) is -0.810. The summed E-state index contributed by atoms with van der Waals surface area (Å²) in [5.41, 5.74) is 11.3. The molecule has 0 saturated carbocycles. The summed E-state index contributed by atoms with van der Waals surface area (Å²) >= 11 is 0. The standard InChI is InChI=1S/C10H13N3O2/c11-9(14)5-6-13-8-3-1-7(2-4-8)10(12)15/h1-4,13H,5-6H2,(H2,11,14)(H2,12,15). The fourth-order valence-electron chi connectivity index (χ4n) is 1.08. The molecule has 0 fully saturated rings. The minimum atomic E-state index is -0.460. The number of nitrogens with two attached hydrogens (primary N) is 2. The topological polar surface area (TPSA) is 98.2 Å². The molecule has 15 heavy (non-hydrogen) atoms. The first-order valence-corrected chi connectivity index (χ1v) is 4.51. The van der Waals surface area contributed by atoms with E-state index in [0.717, 1.165) is 5.69 Å². The predicted molar refractivity (Wildman–Crippen MR) is 57.3 cm³/mol. The Kier molecular flexibility index (Phi) is 3.68. The highest BCUT2D eigenvalue weighted by molar-refractivity contribution is 5.93. The van der Waals surface area contributed by atoms with Crippen molar-refractivity contribution in [3.05, 3.63) is 29.8 Å². The van der Waals surface area contributed by atoms with Gasteiger partial charge in [0.2, 0.25) is 11.8 Å². The summed E-state index contributed by atoms with van der Waals surface area (Å²) in [4.78, 5) is 21.2. The van der Waals surface area contributed by atoms with E-state index >= 15 is 0 Å². The van der Waals surface area contributed by atoms with Crippen LogP contribution < -0.4 is 16.8 Å².